The average Bonchev–Trinajstić information content (AvgIpc) is 2.66. The van der Waals surface area contributed by atoms with Gasteiger partial charge >= 0.3 is 0 Å². The molecular weight excluding hydrogens is 358 g/mol. The highest BCUT2D eigenvalue weighted by atomic mass is 32.1. The number of aryl methyl sites for hydroxylation is 1. The summed E-state index contributed by atoms with van der Waals surface area (Å²) in [5.41, 5.74) is 2.05. The van der Waals surface area contributed by atoms with Gasteiger partial charge in [-0.3, -0.25) is 0 Å². The lowest BCUT2D eigenvalue weighted by atomic mass is 10.0. The van der Waals surface area contributed by atoms with Gasteiger partial charge in [-0.1, -0.05) is 19.1 Å². The van der Waals surface area contributed by atoms with Gasteiger partial charge in [0.2, 0.25) is 5.95 Å². The highest BCUT2D eigenvalue weighted by molar-refractivity contribution is 7.80. The van der Waals surface area contributed by atoms with E-state index in [2.05, 4.69) is 32.4 Å². The van der Waals surface area contributed by atoms with Crippen molar-refractivity contribution in [3.63, 3.8) is 0 Å². The third kappa shape index (κ3) is 5.53. The molecule has 1 aliphatic rings. The molecule has 144 valence electrons. The predicted octanol–water partition coefficient (Wildman–Crippen LogP) is 3.52. The summed E-state index contributed by atoms with van der Waals surface area (Å²) in [7, 11) is 1.66. The fourth-order valence-corrected chi connectivity index (χ4v) is 3.40. The van der Waals surface area contributed by atoms with Crippen LogP contribution in [0.25, 0.3) is 0 Å². The summed E-state index contributed by atoms with van der Waals surface area (Å²) < 4.78 is 5.17. The molecule has 0 aliphatic carbocycles. The van der Waals surface area contributed by atoms with Gasteiger partial charge in [0.05, 0.1) is 7.11 Å². The van der Waals surface area contributed by atoms with Crippen LogP contribution in [-0.4, -0.2) is 35.3 Å². The summed E-state index contributed by atoms with van der Waals surface area (Å²) >= 11 is 5.41. The van der Waals surface area contributed by atoms with Crippen molar-refractivity contribution < 1.29 is 4.74 Å². The molecule has 1 aromatic heterocycles. The molecule has 1 aliphatic heterocycles. The lowest BCUT2D eigenvalue weighted by Crippen LogP contribution is -2.35. The first kappa shape index (κ1) is 19.4. The Morgan fingerprint density at radius 3 is 2.78 bits per heavy atom. The van der Waals surface area contributed by atoms with Crippen LogP contribution in [0.1, 0.15) is 31.0 Å². The lowest BCUT2D eigenvalue weighted by molar-refractivity contribution is 0.414. The number of ether oxygens (including phenoxy) is 1. The van der Waals surface area contributed by atoms with Crippen molar-refractivity contribution in [2.75, 3.05) is 30.4 Å². The van der Waals surface area contributed by atoms with Crippen LogP contribution in [0.2, 0.25) is 0 Å². The third-order valence-electron chi connectivity index (χ3n) is 4.66. The molecule has 0 saturated carbocycles. The summed E-state index contributed by atoms with van der Waals surface area (Å²) in [4.78, 5) is 11.5. The Morgan fingerprint density at radius 1 is 1.30 bits per heavy atom. The zero-order valence-electron chi connectivity index (χ0n) is 16.2. The molecule has 1 saturated heterocycles. The van der Waals surface area contributed by atoms with Crippen molar-refractivity contribution in [1.29, 1.82) is 0 Å². The lowest BCUT2D eigenvalue weighted by Gasteiger charge is -2.32. The van der Waals surface area contributed by atoms with Gasteiger partial charge in [-0.15, -0.1) is 0 Å². The maximum Gasteiger partial charge on any atom is 0.231 e. The number of benzene rings is 1. The van der Waals surface area contributed by atoms with Crippen LogP contribution in [0.3, 0.4) is 0 Å². The molecule has 2 aromatic rings. The van der Waals surface area contributed by atoms with E-state index in [1.54, 1.807) is 7.11 Å². The SMILES string of the molecule is COc1ccc(CNC(=S)Nc2nc(C)cc(N3CCC[C@H](C)C3)n2)cc1. The second kappa shape index (κ2) is 8.99. The van der Waals surface area contributed by atoms with Crippen molar-refractivity contribution in [3.05, 3.63) is 41.6 Å². The first-order valence-corrected chi connectivity index (χ1v) is 9.72. The number of nitrogens with zero attached hydrogens (tertiary/aromatic N) is 3. The number of hydrogen-bond donors (Lipinski definition) is 2. The molecule has 6 nitrogen and oxygen atoms in total. The van der Waals surface area contributed by atoms with Crippen molar-refractivity contribution in [3.8, 4) is 5.75 Å². The Kier molecular flexibility index (Phi) is 6.45. The molecule has 0 amide bonds. The second-order valence-corrected chi connectivity index (χ2v) is 7.45. The van der Waals surface area contributed by atoms with Gasteiger partial charge in [-0.05, 0) is 55.6 Å². The number of thiocarbonyl (C=S) groups is 1. The third-order valence-corrected chi connectivity index (χ3v) is 4.91. The zero-order chi connectivity index (χ0) is 19.2. The summed E-state index contributed by atoms with van der Waals surface area (Å²) in [5, 5.41) is 6.82. The molecule has 2 N–H and O–H groups in total. The van der Waals surface area contributed by atoms with Crippen LogP contribution in [0.5, 0.6) is 5.75 Å². The van der Waals surface area contributed by atoms with E-state index in [1.165, 1.54) is 12.8 Å². The molecule has 0 bridgehead atoms. The first-order valence-electron chi connectivity index (χ1n) is 9.32. The van der Waals surface area contributed by atoms with Gasteiger partial charge < -0.3 is 20.3 Å². The largest absolute Gasteiger partial charge is 0.497 e. The van der Waals surface area contributed by atoms with E-state index in [9.17, 15) is 0 Å². The maximum absolute atomic E-state index is 5.41. The van der Waals surface area contributed by atoms with Crippen LogP contribution in [0.4, 0.5) is 11.8 Å². The molecule has 0 radical (unpaired) electrons. The number of methoxy groups -OCH3 is 1. The number of anilines is 2. The van der Waals surface area contributed by atoms with Crippen molar-refractivity contribution >= 4 is 29.1 Å². The van der Waals surface area contributed by atoms with Gasteiger partial charge in [-0.2, -0.15) is 4.98 Å². The first-order chi connectivity index (χ1) is 13.0. The van der Waals surface area contributed by atoms with E-state index in [1.807, 2.05) is 37.3 Å². The van der Waals surface area contributed by atoms with Crippen LogP contribution < -0.4 is 20.3 Å². The van der Waals surface area contributed by atoms with E-state index in [0.29, 0.717) is 23.5 Å². The van der Waals surface area contributed by atoms with Gasteiger partial charge in [0.15, 0.2) is 5.11 Å². The smallest absolute Gasteiger partial charge is 0.231 e. The Bertz CT molecular complexity index is 780. The Labute approximate surface area is 166 Å². The van der Waals surface area contributed by atoms with Crippen LogP contribution in [0, 0.1) is 12.8 Å². The molecule has 2 heterocycles. The number of aromatic nitrogens is 2. The minimum absolute atomic E-state index is 0.509. The highest BCUT2D eigenvalue weighted by Gasteiger charge is 2.18. The van der Waals surface area contributed by atoms with E-state index in [4.69, 9.17) is 17.0 Å². The maximum atomic E-state index is 5.41. The number of rotatable bonds is 5. The Morgan fingerprint density at radius 2 is 2.07 bits per heavy atom. The van der Waals surface area contributed by atoms with Crippen LogP contribution >= 0.6 is 12.2 Å². The fraction of sp³-hybridized carbons (Fsp3) is 0.450. The molecule has 0 unspecified atom stereocenters. The van der Waals surface area contributed by atoms with E-state index >= 15 is 0 Å². The molecule has 1 aromatic carbocycles. The predicted molar refractivity (Wildman–Crippen MR) is 113 cm³/mol. The average molecular weight is 386 g/mol. The molecule has 27 heavy (non-hydrogen) atoms. The topological polar surface area (TPSA) is 62.3 Å². The molecular formula is C20H27N5OS. The van der Waals surface area contributed by atoms with Crippen molar-refractivity contribution in [1.82, 2.24) is 15.3 Å². The summed E-state index contributed by atoms with van der Waals surface area (Å²) in [5.74, 6) is 3.04. The van der Waals surface area contributed by atoms with Crippen LogP contribution in [-0.2, 0) is 6.54 Å². The fourth-order valence-electron chi connectivity index (χ4n) is 3.24. The van der Waals surface area contributed by atoms with Gasteiger partial charge in [0, 0.05) is 31.4 Å². The van der Waals surface area contributed by atoms with Crippen LogP contribution in [0.15, 0.2) is 30.3 Å². The number of hydrogen-bond acceptors (Lipinski definition) is 5. The minimum atomic E-state index is 0.509. The van der Waals surface area contributed by atoms with Gasteiger partial charge in [0.1, 0.15) is 11.6 Å². The monoisotopic (exact) mass is 385 g/mol. The standard InChI is InChI=1S/C20H27N5OS/c1-14-5-4-10-25(13-14)18-11-15(2)22-19(23-18)24-20(27)21-12-16-6-8-17(26-3)9-7-16/h6-9,11,14H,4-5,10,12-13H2,1-3H3,(H2,21,22,23,24,27)/t14-/m0/s1. The molecule has 3 rings (SSSR count). The minimum Gasteiger partial charge on any atom is -0.497 e. The number of piperidine rings is 1. The highest BCUT2D eigenvalue weighted by Crippen LogP contribution is 2.22. The van der Waals surface area contributed by atoms with E-state index < -0.39 is 0 Å². The summed E-state index contributed by atoms with van der Waals surface area (Å²) in [6.45, 7) is 6.98. The summed E-state index contributed by atoms with van der Waals surface area (Å²) in [6, 6.07) is 9.92. The Hall–Kier alpha value is -2.41. The van der Waals surface area contributed by atoms with Gasteiger partial charge in [0.25, 0.3) is 0 Å². The quantitative estimate of drug-likeness (QED) is 0.764. The van der Waals surface area contributed by atoms with Crippen molar-refractivity contribution in [2.45, 2.75) is 33.2 Å². The normalized spacial score (nSPS) is 16.7. The summed E-state index contributed by atoms with van der Waals surface area (Å²) in [6.07, 6.45) is 2.49. The van der Waals surface area contributed by atoms with Crippen molar-refractivity contribution in [2.24, 2.45) is 5.92 Å². The van der Waals surface area contributed by atoms with E-state index in [0.717, 1.165) is 35.9 Å². The molecule has 1 atom stereocenters. The molecule has 1 fully saturated rings. The van der Waals surface area contributed by atoms with E-state index in [-0.39, 0.29) is 0 Å². The van der Waals surface area contributed by atoms with Gasteiger partial charge in [-0.25, -0.2) is 4.98 Å². The zero-order valence-corrected chi connectivity index (χ0v) is 17.0. The second-order valence-electron chi connectivity index (χ2n) is 7.04. The molecule has 7 heteroatoms. The number of nitrogens with one attached hydrogen (secondary N) is 2. The molecule has 0 spiro atoms. The Balaban J connectivity index is 1.59.